The number of carbonyl (C=O) groups excluding carboxylic acids is 2. The van der Waals surface area contributed by atoms with Gasteiger partial charge in [0.05, 0.1) is 13.2 Å². The van der Waals surface area contributed by atoms with Crippen molar-refractivity contribution in [3.8, 4) is 0 Å². The van der Waals surface area contributed by atoms with Crippen molar-refractivity contribution in [2.24, 2.45) is 0 Å². The lowest BCUT2D eigenvalue weighted by Gasteiger charge is -2.19. The van der Waals surface area contributed by atoms with Crippen LogP contribution < -0.4 is 0 Å². The van der Waals surface area contributed by atoms with E-state index in [4.69, 9.17) is 5.11 Å². The van der Waals surface area contributed by atoms with Gasteiger partial charge in [-0.15, -0.1) is 0 Å². The first kappa shape index (κ1) is 15.5. The SMILES string of the molecule is CC/C(C)=C/CC1=C(C)C(=O)C(CO)=C(CO)C1=O.[HH]. The van der Waals surface area contributed by atoms with E-state index in [1.54, 1.807) is 6.92 Å². The van der Waals surface area contributed by atoms with Crippen LogP contribution in [0.5, 0.6) is 0 Å². The summed E-state index contributed by atoms with van der Waals surface area (Å²) in [6, 6.07) is 0. The summed E-state index contributed by atoms with van der Waals surface area (Å²) in [5.74, 6) is -0.674. The molecule has 0 spiro atoms. The van der Waals surface area contributed by atoms with Crippen molar-refractivity contribution in [2.75, 3.05) is 13.2 Å². The summed E-state index contributed by atoms with van der Waals surface area (Å²) in [6.45, 7) is 4.54. The maximum atomic E-state index is 12.2. The zero-order chi connectivity index (χ0) is 14.6. The first-order chi connectivity index (χ1) is 8.97. The molecule has 0 bridgehead atoms. The van der Waals surface area contributed by atoms with Gasteiger partial charge in [0.25, 0.3) is 0 Å². The minimum absolute atomic E-state index is 0. The van der Waals surface area contributed by atoms with Gasteiger partial charge in [0.15, 0.2) is 11.6 Å². The van der Waals surface area contributed by atoms with E-state index >= 15 is 0 Å². The van der Waals surface area contributed by atoms with Crippen molar-refractivity contribution in [2.45, 2.75) is 33.6 Å². The van der Waals surface area contributed by atoms with Crippen LogP contribution in [0.1, 0.15) is 35.0 Å². The highest BCUT2D eigenvalue weighted by Gasteiger charge is 2.30. The minimum atomic E-state index is -0.520. The highest BCUT2D eigenvalue weighted by molar-refractivity contribution is 6.25. The summed E-state index contributed by atoms with van der Waals surface area (Å²) in [7, 11) is 0. The Morgan fingerprint density at radius 3 is 2.11 bits per heavy atom. The Balaban J connectivity index is 0.00000361. The Hall–Kier alpha value is -1.52. The van der Waals surface area contributed by atoms with Crippen LogP contribution in [0.15, 0.2) is 33.9 Å². The van der Waals surface area contributed by atoms with E-state index in [0.29, 0.717) is 17.6 Å². The molecule has 0 amide bonds. The summed E-state index contributed by atoms with van der Waals surface area (Å²) in [4.78, 5) is 24.3. The van der Waals surface area contributed by atoms with Gasteiger partial charge < -0.3 is 10.2 Å². The first-order valence-electron chi connectivity index (χ1n) is 6.36. The summed E-state index contributed by atoms with van der Waals surface area (Å²) in [6.07, 6.45) is 3.19. The van der Waals surface area contributed by atoms with Crippen molar-refractivity contribution in [3.05, 3.63) is 33.9 Å². The minimum Gasteiger partial charge on any atom is -0.392 e. The number of allylic oxidation sites excluding steroid dienone is 4. The van der Waals surface area contributed by atoms with Crippen molar-refractivity contribution in [1.82, 2.24) is 0 Å². The number of hydrogen-bond acceptors (Lipinski definition) is 4. The predicted molar refractivity (Wildman–Crippen MR) is 74.7 cm³/mol. The van der Waals surface area contributed by atoms with Crippen LogP contribution in [0.2, 0.25) is 0 Å². The fourth-order valence-electron chi connectivity index (χ4n) is 1.99. The molecule has 0 atom stereocenters. The molecule has 0 aromatic heterocycles. The second kappa shape index (κ2) is 6.59. The molecule has 0 aromatic carbocycles. The van der Waals surface area contributed by atoms with Gasteiger partial charge >= 0.3 is 0 Å². The van der Waals surface area contributed by atoms with Crippen LogP contribution in [0.3, 0.4) is 0 Å². The van der Waals surface area contributed by atoms with E-state index in [1.807, 2.05) is 19.9 Å². The zero-order valence-electron chi connectivity index (χ0n) is 11.6. The molecule has 1 rings (SSSR count). The van der Waals surface area contributed by atoms with E-state index in [0.717, 1.165) is 12.0 Å². The number of Topliss-reactive ketones (excluding diaryl/α,β-unsaturated/α-hetero) is 2. The van der Waals surface area contributed by atoms with E-state index in [1.165, 1.54) is 0 Å². The zero-order valence-corrected chi connectivity index (χ0v) is 11.6. The lowest BCUT2D eigenvalue weighted by Crippen LogP contribution is -2.26. The Labute approximate surface area is 114 Å². The van der Waals surface area contributed by atoms with E-state index in [-0.39, 0.29) is 24.1 Å². The number of carbonyl (C=O) groups is 2. The number of ketones is 2. The highest BCUT2D eigenvalue weighted by Crippen LogP contribution is 2.27. The lowest BCUT2D eigenvalue weighted by atomic mass is 9.83. The standard InChI is InChI=1S/C15H20O4.H2/c1-4-9(2)5-6-11-10(3)14(18)12(7-16)13(8-17)15(11)19;/h5,16-17H,4,6-8H2,1-3H3;1H/b9-5+;. The topological polar surface area (TPSA) is 74.6 Å². The molecule has 0 unspecified atom stereocenters. The van der Waals surface area contributed by atoms with Crippen LogP contribution in [0.25, 0.3) is 0 Å². The second-order valence-corrected chi connectivity index (χ2v) is 4.64. The van der Waals surface area contributed by atoms with Crippen LogP contribution in [0, 0.1) is 0 Å². The second-order valence-electron chi connectivity index (χ2n) is 4.64. The van der Waals surface area contributed by atoms with Crippen molar-refractivity contribution in [3.63, 3.8) is 0 Å². The molecule has 1 aliphatic rings. The summed E-state index contributed by atoms with van der Waals surface area (Å²) in [5.41, 5.74) is 1.97. The largest absolute Gasteiger partial charge is 0.392 e. The van der Waals surface area contributed by atoms with Crippen molar-refractivity contribution >= 4 is 11.6 Å². The molecule has 4 heteroatoms. The molecule has 0 saturated heterocycles. The first-order valence-corrected chi connectivity index (χ1v) is 6.36. The molecule has 0 aliphatic heterocycles. The summed E-state index contributed by atoms with van der Waals surface area (Å²) >= 11 is 0. The van der Waals surface area contributed by atoms with Crippen molar-refractivity contribution < 1.29 is 21.2 Å². The van der Waals surface area contributed by atoms with Crippen LogP contribution in [0.4, 0.5) is 0 Å². The Kier molecular flexibility index (Phi) is 5.39. The van der Waals surface area contributed by atoms with Gasteiger partial charge in [-0.1, -0.05) is 18.6 Å². The van der Waals surface area contributed by atoms with E-state index in [2.05, 4.69) is 0 Å². The fourth-order valence-corrected chi connectivity index (χ4v) is 1.99. The third kappa shape index (κ3) is 3.08. The van der Waals surface area contributed by atoms with Crippen molar-refractivity contribution in [1.29, 1.82) is 0 Å². The normalized spacial score (nSPS) is 17.6. The quantitative estimate of drug-likeness (QED) is 0.587. The Morgan fingerprint density at radius 2 is 1.63 bits per heavy atom. The van der Waals surface area contributed by atoms with Gasteiger partial charge in [-0.2, -0.15) is 0 Å². The van der Waals surface area contributed by atoms with Crippen LogP contribution in [-0.4, -0.2) is 35.0 Å². The highest BCUT2D eigenvalue weighted by atomic mass is 16.3. The number of aliphatic hydroxyl groups excluding tert-OH is 2. The summed E-state index contributed by atoms with van der Waals surface area (Å²) < 4.78 is 0. The Bertz CT molecular complexity index is 498. The molecule has 1 aliphatic carbocycles. The molecule has 0 heterocycles. The monoisotopic (exact) mass is 266 g/mol. The summed E-state index contributed by atoms with van der Waals surface area (Å²) in [5, 5.41) is 18.4. The molecule has 106 valence electrons. The molecule has 2 N–H and O–H groups in total. The predicted octanol–water partition coefficient (Wildman–Crippen LogP) is 1.73. The molecule has 0 aromatic rings. The average Bonchev–Trinajstić information content (AvgIpc) is 2.41. The third-order valence-corrected chi connectivity index (χ3v) is 3.51. The molecule has 0 radical (unpaired) electrons. The maximum Gasteiger partial charge on any atom is 0.188 e. The van der Waals surface area contributed by atoms with Gasteiger partial charge in [0.1, 0.15) is 0 Å². The molecule has 19 heavy (non-hydrogen) atoms. The molecule has 4 nitrogen and oxygen atoms in total. The van der Waals surface area contributed by atoms with Crippen LogP contribution >= 0.6 is 0 Å². The molecular formula is C15H22O4. The third-order valence-electron chi connectivity index (χ3n) is 3.51. The van der Waals surface area contributed by atoms with Gasteiger partial charge in [0, 0.05) is 23.7 Å². The van der Waals surface area contributed by atoms with Gasteiger partial charge in [0.2, 0.25) is 0 Å². The van der Waals surface area contributed by atoms with Gasteiger partial charge in [-0.3, -0.25) is 9.59 Å². The van der Waals surface area contributed by atoms with E-state index in [9.17, 15) is 14.7 Å². The maximum absolute atomic E-state index is 12.2. The smallest absolute Gasteiger partial charge is 0.188 e. The molecule has 0 fully saturated rings. The van der Waals surface area contributed by atoms with E-state index < -0.39 is 13.2 Å². The average molecular weight is 266 g/mol. The number of hydrogen-bond donors (Lipinski definition) is 2. The Morgan fingerprint density at radius 1 is 1.11 bits per heavy atom. The van der Waals surface area contributed by atoms with Gasteiger partial charge in [-0.25, -0.2) is 0 Å². The lowest BCUT2D eigenvalue weighted by molar-refractivity contribution is -0.117. The van der Waals surface area contributed by atoms with Crippen LogP contribution in [-0.2, 0) is 9.59 Å². The number of rotatable bonds is 5. The van der Waals surface area contributed by atoms with Gasteiger partial charge in [-0.05, 0) is 26.7 Å². The molecule has 0 saturated carbocycles. The number of aliphatic hydroxyl groups is 2. The molecular weight excluding hydrogens is 244 g/mol. The fraction of sp³-hybridized carbons (Fsp3) is 0.467.